The molecule has 1 N–H and O–H groups in total. The number of benzene rings is 2. The topological polar surface area (TPSA) is 37.6 Å². The van der Waals surface area contributed by atoms with Crippen LogP contribution in [0.4, 0.5) is 5.13 Å². The number of hydrogen-bond donors (Lipinski definition) is 1. The number of fused-ring (bicyclic) bond motifs is 1. The van der Waals surface area contributed by atoms with Crippen LogP contribution in [0.25, 0.3) is 10.2 Å². The zero-order valence-corrected chi connectivity index (χ0v) is 17.4. The fraction of sp³-hybridized carbons (Fsp3) is 0.364. The second-order valence-electron chi connectivity index (χ2n) is 7.37. The summed E-state index contributed by atoms with van der Waals surface area (Å²) in [5.74, 6) is 0.114. The summed E-state index contributed by atoms with van der Waals surface area (Å²) in [6.07, 6.45) is 1.36. The fourth-order valence-electron chi connectivity index (χ4n) is 3.11. The number of carbonyl (C=O) groups is 1. The fourth-order valence-corrected chi connectivity index (χ4v) is 4.18. The van der Waals surface area contributed by atoms with Gasteiger partial charge in [0.25, 0.3) is 0 Å². The van der Waals surface area contributed by atoms with Gasteiger partial charge in [-0.1, -0.05) is 47.7 Å². The van der Waals surface area contributed by atoms with E-state index in [0.717, 1.165) is 33.9 Å². The molecule has 4 nitrogen and oxygen atoms in total. The number of carbonyl (C=O) groups excluding carboxylic acids is 1. The summed E-state index contributed by atoms with van der Waals surface area (Å²) in [4.78, 5) is 21.2. The van der Waals surface area contributed by atoms with Crippen molar-refractivity contribution in [3.05, 3.63) is 59.2 Å². The minimum atomic E-state index is 0.114. The lowest BCUT2D eigenvalue weighted by Gasteiger charge is -2.20. The molecule has 5 heteroatoms. The predicted octanol–water partition coefficient (Wildman–Crippen LogP) is 3.02. The van der Waals surface area contributed by atoms with E-state index < -0.39 is 0 Å². The van der Waals surface area contributed by atoms with Gasteiger partial charge in [-0.25, -0.2) is 4.98 Å². The van der Waals surface area contributed by atoms with Crippen LogP contribution in [0.3, 0.4) is 0 Å². The lowest BCUT2D eigenvalue weighted by Crippen LogP contribution is -3.05. The van der Waals surface area contributed by atoms with Gasteiger partial charge in [0.1, 0.15) is 0 Å². The van der Waals surface area contributed by atoms with E-state index in [-0.39, 0.29) is 5.91 Å². The first-order valence-corrected chi connectivity index (χ1v) is 10.3. The number of anilines is 1. The maximum absolute atomic E-state index is 13.1. The van der Waals surface area contributed by atoms with Gasteiger partial charge in [-0.15, -0.1) is 0 Å². The van der Waals surface area contributed by atoms with Gasteiger partial charge in [-0.2, -0.15) is 0 Å². The van der Waals surface area contributed by atoms with E-state index in [4.69, 9.17) is 4.98 Å². The Kier molecular flexibility index (Phi) is 6.24. The van der Waals surface area contributed by atoms with Gasteiger partial charge in [0.2, 0.25) is 5.91 Å². The van der Waals surface area contributed by atoms with Crippen LogP contribution in [0.2, 0.25) is 0 Å². The Morgan fingerprint density at radius 3 is 2.56 bits per heavy atom. The van der Waals surface area contributed by atoms with Gasteiger partial charge in [0.15, 0.2) is 5.13 Å². The molecule has 0 radical (unpaired) electrons. The standard InChI is InChI=1S/C22H27N3OS/c1-16-11-12-19-21(17(16)2)23-22(27-19)25(14-8-13-24(3)4)20(26)15-18-9-6-5-7-10-18/h5-7,9-12H,8,13-15H2,1-4H3/p+1. The third-order valence-electron chi connectivity index (χ3n) is 4.86. The van der Waals surface area contributed by atoms with Crippen LogP contribution in [-0.2, 0) is 11.2 Å². The maximum Gasteiger partial charge on any atom is 0.233 e. The Balaban J connectivity index is 1.89. The number of thiazole rings is 1. The van der Waals surface area contributed by atoms with Crippen molar-refractivity contribution in [2.75, 3.05) is 32.1 Å². The van der Waals surface area contributed by atoms with Crippen LogP contribution in [0.1, 0.15) is 23.1 Å². The lowest BCUT2D eigenvalue weighted by molar-refractivity contribution is -0.858. The SMILES string of the molecule is Cc1ccc2sc(N(CCC[NH+](C)C)C(=O)Cc3ccccc3)nc2c1C. The van der Waals surface area contributed by atoms with E-state index in [1.54, 1.807) is 11.3 Å². The van der Waals surface area contributed by atoms with Crippen molar-refractivity contribution in [1.82, 2.24) is 4.98 Å². The third-order valence-corrected chi connectivity index (χ3v) is 5.91. The quantitative estimate of drug-likeness (QED) is 0.682. The number of nitrogens with one attached hydrogen (secondary N) is 1. The number of hydrogen-bond acceptors (Lipinski definition) is 3. The molecule has 0 fully saturated rings. The molecule has 3 aromatic rings. The van der Waals surface area contributed by atoms with Crippen molar-refractivity contribution in [2.24, 2.45) is 0 Å². The number of aromatic nitrogens is 1. The van der Waals surface area contributed by atoms with Crippen LogP contribution in [0.15, 0.2) is 42.5 Å². The molecule has 0 saturated carbocycles. The molecule has 0 saturated heterocycles. The van der Waals surface area contributed by atoms with Gasteiger partial charge in [-0.3, -0.25) is 9.69 Å². The van der Waals surface area contributed by atoms with Gasteiger partial charge in [0.05, 0.1) is 37.3 Å². The molecule has 0 aliphatic rings. The zero-order valence-electron chi connectivity index (χ0n) is 16.6. The number of nitrogens with zero attached hydrogens (tertiary/aromatic N) is 2. The highest BCUT2D eigenvalue weighted by Gasteiger charge is 2.21. The van der Waals surface area contributed by atoms with Crippen molar-refractivity contribution in [1.29, 1.82) is 0 Å². The summed E-state index contributed by atoms with van der Waals surface area (Å²) in [6, 6.07) is 14.2. The van der Waals surface area contributed by atoms with E-state index in [1.165, 1.54) is 16.0 Å². The molecule has 3 rings (SSSR count). The Morgan fingerprint density at radius 1 is 1.11 bits per heavy atom. The number of quaternary nitrogens is 1. The zero-order chi connectivity index (χ0) is 19.4. The van der Waals surface area contributed by atoms with Crippen molar-refractivity contribution in [3.8, 4) is 0 Å². The molecule has 0 unspecified atom stereocenters. The summed E-state index contributed by atoms with van der Waals surface area (Å²) >= 11 is 1.61. The summed E-state index contributed by atoms with van der Waals surface area (Å²) < 4.78 is 1.14. The van der Waals surface area contributed by atoms with Gasteiger partial charge < -0.3 is 4.90 Å². The van der Waals surface area contributed by atoms with E-state index in [1.807, 2.05) is 35.2 Å². The molecule has 1 aromatic heterocycles. The minimum Gasteiger partial charge on any atom is -0.340 e. The minimum absolute atomic E-state index is 0.114. The first-order chi connectivity index (χ1) is 13.0. The van der Waals surface area contributed by atoms with Crippen molar-refractivity contribution >= 4 is 32.6 Å². The van der Waals surface area contributed by atoms with E-state index in [9.17, 15) is 4.79 Å². The normalized spacial score (nSPS) is 11.3. The third kappa shape index (κ3) is 4.73. The smallest absolute Gasteiger partial charge is 0.233 e. The molecule has 0 spiro atoms. The second-order valence-corrected chi connectivity index (χ2v) is 8.38. The number of rotatable bonds is 7. The van der Waals surface area contributed by atoms with Gasteiger partial charge in [0, 0.05) is 13.0 Å². The molecule has 0 aliphatic heterocycles. The highest BCUT2D eigenvalue weighted by Crippen LogP contribution is 2.32. The average Bonchev–Trinajstić information content (AvgIpc) is 3.07. The van der Waals surface area contributed by atoms with Crippen molar-refractivity contribution in [2.45, 2.75) is 26.7 Å². The van der Waals surface area contributed by atoms with Gasteiger partial charge >= 0.3 is 0 Å². The molecule has 0 aliphatic carbocycles. The Labute approximate surface area is 165 Å². The number of amides is 1. The predicted molar refractivity (Wildman–Crippen MR) is 114 cm³/mol. The lowest BCUT2D eigenvalue weighted by atomic mass is 10.1. The van der Waals surface area contributed by atoms with Crippen LogP contribution >= 0.6 is 11.3 Å². The average molecular weight is 383 g/mol. The molecular formula is C22H28N3OS+. The first-order valence-electron chi connectivity index (χ1n) is 9.46. The molecule has 27 heavy (non-hydrogen) atoms. The first kappa shape index (κ1) is 19.5. The highest BCUT2D eigenvalue weighted by molar-refractivity contribution is 7.22. The summed E-state index contributed by atoms with van der Waals surface area (Å²) in [6.45, 7) is 5.94. The van der Waals surface area contributed by atoms with E-state index in [0.29, 0.717) is 13.0 Å². The molecule has 0 bridgehead atoms. The summed E-state index contributed by atoms with van der Waals surface area (Å²) in [7, 11) is 4.28. The Bertz CT molecular complexity index is 918. The van der Waals surface area contributed by atoms with Crippen LogP contribution in [0.5, 0.6) is 0 Å². The highest BCUT2D eigenvalue weighted by atomic mass is 32.1. The molecule has 2 aromatic carbocycles. The monoisotopic (exact) mass is 382 g/mol. The summed E-state index contributed by atoms with van der Waals surface area (Å²) in [5.41, 5.74) is 4.49. The van der Waals surface area contributed by atoms with Crippen LogP contribution in [-0.4, -0.2) is 38.1 Å². The van der Waals surface area contributed by atoms with Crippen molar-refractivity contribution in [3.63, 3.8) is 0 Å². The Hall–Kier alpha value is -2.24. The molecule has 1 amide bonds. The molecule has 142 valence electrons. The van der Waals surface area contributed by atoms with E-state index in [2.05, 4.69) is 40.1 Å². The summed E-state index contributed by atoms with van der Waals surface area (Å²) in [5, 5.41) is 0.813. The van der Waals surface area contributed by atoms with Crippen LogP contribution in [0, 0.1) is 13.8 Å². The Morgan fingerprint density at radius 2 is 1.85 bits per heavy atom. The molecule has 1 heterocycles. The molecular weight excluding hydrogens is 354 g/mol. The van der Waals surface area contributed by atoms with E-state index >= 15 is 0 Å². The molecule has 0 atom stereocenters. The van der Waals surface area contributed by atoms with Crippen molar-refractivity contribution < 1.29 is 9.69 Å². The van der Waals surface area contributed by atoms with Gasteiger partial charge in [-0.05, 0) is 36.6 Å². The largest absolute Gasteiger partial charge is 0.340 e. The maximum atomic E-state index is 13.1. The number of aryl methyl sites for hydroxylation is 2. The second kappa shape index (κ2) is 8.63. The van der Waals surface area contributed by atoms with Crippen LogP contribution < -0.4 is 9.80 Å².